The number of nitrogens with zero attached hydrogens (tertiary/aromatic N) is 2. The van der Waals surface area contributed by atoms with Gasteiger partial charge in [-0.15, -0.1) is 0 Å². The third-order valence-corrected chi connectivity index (χ3v) is 7.71. The summed E-state index contributed by atoms with van der Waals surface area (Å²) in [5.74, 6) is 1.18. The van der Waals surface area contributed by atoms with Crippen LogP contribution in [0.2, 0.25) is 0 Å². The number of amides is 2. The van der Waals surface area contributed by atoms with Gasteiger partial charge in [-0.25, -0.2) is 0 Å². The summed E-state index contributed by atoms with van der Waals surface area (Å²) in [7, 11) is 1.63. The average molecular weight is 490 g/mol. The van der Waals surface area contributed by atoms with Crippen LogP contribution in [0.4, 0.5) is 0 Å². The van der Waals surface area contributed by atoms with Gasteiger partial charge in [-0.05, 0) is 61.7 Å². The Morgan fingerprint density at radius 3 is 2.39 bits per heavy atom. The van der Waals surface area contributed by atoms with E-state index in [-0.39, 0.29) is 17.9 Å². The van der Waals surface area contributed by atoms with Gasteiger partial charge >= 0.3 is 0 Å². The summed E-state index contributed by atoms with van der Waals surface area (Å²) in [6.07, 6.45) is 9.54. The molecule has 0 spiro atoms. The zero-order valence-corrected chi connectivity index (χ0v) is 21.2. The highest BCUT2D eigenvalue weighted by Crippen LogP contribution is 2.35. The second-order valence-corrected chi connectivity index (χ2v) is 10.2. The molecule has 3 aromatic rings. The van der Waals surface area contributed by atoms with E-state index < -0.39 is 5.54 Å². The summed E-state index contributed by atoms with van der Waals surface area (Å²) in [6, 6.07) is 15.2. The van der Waals surface area contributed by atoms with Gasteiger partial charge in [-0.3, -0.25) is 9.59 Å². The fourth-order valence-corrected chi connectivity index (χ4v) is 5.52. The Kier molecular flexibility index (Phi) is 6.90. The van der Waals surface area contributed by atoms with Crippen molar-refractivity contribution in [1.82, 2.24) is 14.8 Å². The normalized spacial score (nSPS) is 20.9. The molecule has 1 atom stereocenters. The number of carbonyl (C=O) groups excluding carboxylic acids is 2. The number of benzene rings is 1. The lowest BCUT2D eigenvalue weighted by atomic mass is 9.91. The number of methoxy groups -OCH3 is 1. The minimum atomic E-state index is -1.06. The van der Waals surface area contributed by atoms with E-state index in [9.17, 15) is 9.59 Å². The summed E-state index contributed by atoms with van der Waals surface area (Å²) in [6.45, 7) is 2.58. The first kappa shape index (κ1) is 24.2. The monoisotopic (exact) mass is 489 g/mol. The number of aromatic nitrogens is 1. The summed E-state index contributed by atoms with van der Waals surface area (Å²) < 4.78 is 12.9. The maximum atomic E-state index is 14.0. The van der Waals surface area contributed by atoms with E-state index >= 15 is 0 Å². The number of hydrogen-bond donors (Lipinski definition) is 1. The molecule has 0 unspecified atom stereocenters. The van der Waals surface area contributed by atoms with Gasteiger partial charge in [0.25, 0.3) is 5.91 Å². The zero-order valence-electron chi connectivity index (χ0n) is 21.2. The van der Waals surface area contributed by atoms with Crippen molar-refractivity contribution in [1.29, 1.82) is 0 Å². The number of hydrogen-bond acceptors (Lipinski definition) is 4. The molecule has 0 saturated heterocycles. The predicted molar refractivity (Wildman–Crippen MR) is 138 cm³/mol. The van der Waals surface area contributed by atoms with Gasteiger partial charge < -0.3 is 23.9 Å². The zero-order chi connectivity index (χ0) is 25.1. The number of furan rings is 1. The Balaban J connectivity index is 1.49. The van der Waals surface area contributed by atoms with Crippen molar-refractivity contribution in [3.05, 3.63) is 66.1 Å². The van der Waals surface area contributed by atoms with Crippen LogP contribution in [-0.2, 0) is 17.9 Å². The maximum absolute atomic E-state index is 14.0. The molecule has 36 heavy (non-hydrogen) atoms. The molecule has 3 heterocycles. The molecule has 7 nitrogen and oxygen atoms in total. The lowest BCUT2D eigenvalue weighted by Gasteiger charge is -2.45. The molecule has 1 fully saturated rings. The van der Waals surface area contributed by atoms with Gasteiger partial charge in [0.2, 0.25) is 5.91 Å². The molecule has 1 aliphatic carbocycles. The molecular weight excluding hydrogens is 454 g/mol. The van der Waals surface area contributed by atoms with Crippen LogP contribution in [0, 0.1) is 0 Å². The standard InChI is InChI=1S/C29H35N3O4/c1-29(28(34)30-22-9-6-4-3-5-7-10-22)20-31-24(26-11-8-18-36-26)16-17-25(31)27(33)32(29)19-21-12-14-23(35-2)15-13-21/h8,11-18,22H,3-7,9-10,19-20H2,1-2H3,(H,30,34)/t29-/m0/s1. The van der Waals surface area contributed by atoms with Crippen LogP contribution in [0.3, 0.4) is 0 Å². The van der Waals surface area contributed by atoms with Gasteiger partial charge in [-0.2, -0.15) is 0 Å². The highest BCUT2D eigenvalue weighted by Gasteiger charge is 2.48. The van der Waals surface area contributed by atoms with Gasteiger partial charge in [0, 0.05) is 12.6 Å². The fourth-order valence-electron chi connectivity index (χ4n) is 5.52. The van der Waals surface area contributed by atoms with Crippen LogP contribution in [0.15, 0.2) is 59.2 Å². The van der Waals surface area contributed by atoms with Crippen molar-refractivity contribution < 1.29 is 18.7 Å². The second kappa shape index (κ2) is 10.2. The Hall–Kier alpha value is -3.48. The first-order valence-corrected chi connectivity index (χ1v) is 13.0. The summed E-state index contributed by atoms with van der Waals surface area (Å²) in [4.78, 5) is 29.6. The molecule has 0 radical (unpaired) electrons. The van der Waals surface area contributed by atoms with Crippen LogP contribution in [-0.4, -0.2) is 40.0 Å². The van der Waals surface area contributed by atoms with Crippen molar-refractivity contribution in [2.24, 2.45) is 0 Å². The largest absolute Gasteiger partial charge is 0.497 e. The molecule has 0 bridgehead atoms. The number of ether oxygens (including phenoxy) is 1. The summed E-state index contributed by atoms with van der Waals surface area (Å²) >= 11 is 0. The number of rotatable bonds is 6. The van der Waals surface area contributed by atoms with E-state index in [4.69, 9.17) is 9.15 Å². The van der Waals surface area contributed by atoms with Crippen LogP contribution < -0.4 is 10.1 Å². The Morgan fingerprint density at radius 1 is 1.03 bits per heavy atom. The quantitative estimate of drug-likeness (QED) is 0.503. The summed E-state index contributed by atoms with van der Waals surface area (Å²) in [5.41, 5.74) is 1.25. The van der Waals surface area contributed by atoms with E-state index in [0.29, 0.717) is 24.5 Å². The average Bonchev–Trinajstić information content (AvgIpc) is 3.53. The number of carbonyl (C=O) groups is 2. The van der Waals surface area contributed by atoms with Crippen LogP contribution >= 0.6 is 0 Å². The Labute approximate surface area is 212 Å². The lowest BCUT2D eigenvalue weighted by molar-refractivity contribution is -0.134. The van der Waals surface area contributed by atoms with E-state index in [2.05, 4.69) is 5.32 Å². The predicted octanol–water partition coefficient (Wildman–Crippen LogP) is 5.40. The number of nitrogens with one attached hydrogen (secondary N) is 1. The molecule has 7 heteroatoms. The third-order valence-electron chi connectivity index (χ3n) is 7.71. The van der Waals surface area contributed by atoms with E-state index in [1.165, 1.54) is 19.3 Å². The van der Waals surface area contributed by atoms with Gasteiger partial charge in [0.1, 0.15) is 22.7 Å². The topological polar surface area (TPSA) is 76.7 Å². The Bertz CT molecular complexity index is 1190. The second-order valence-electron chi connectivity index (χ2n) is 10.2. The van der Waals surface area contributed by atoms with E-state index in [0.717, 1.165) is 42.7 Å². The maximum Gasteiger partial charge on any atom is 0.271 e. The van der Waals surface area contributed by atoms with E-state index in [1.807, 2.05) is 60.0 Å². The molecule has 2 aromatic heterocycles. The molecule has 1 aromatic carbocycles. The van der Waals surface area contributed by atoms with Crippen molar-refractivity contribution >= 4 is 11.8 Å². The molecule has 2 amide bonds. The van der Waals surface area contributed by atoms with Gasteiger partial charge in [-0.1, -0.05) is 44.2 Å². The molecule has 2 aliphatic rings. The molecular formula is C29H35N3O4. The Morgan fingerprint density at radius 2 is 1.72 bits per heavy atom. The number of fused-ring (bicyclic) bond motifs is 1. The van der Waals surface area contributed by atoms with Gasteiger partial charge in [0.15, 0.2) is 0 Å². The fraction of sp³-hybridized carbons (Fsp3) is 0.448. The molecule has 5 rings (SSSR count). The summed E-state index contributed by atoms with van der Waals surface area (Å²) in [5, 5.41) is 3.34. The SMILES string of the molecule is COc1ccc(CN2C(=O)c3ccc(-c4ccco4)n3C[C@@]2(C)C(=O)NC2CCCCCCC2)cc1. The van der Waals surface area contributed by atoms with E-state index in [1.54, 1.807) is 18.3 Å². The van der Waals surface area contributed by atoms with Crippen LogP contribution in [0.25, 0.3) is 11.5 Å². The van der Waals surface area contributed by atoms with Gasteiger partial charge in [0.05, 0.1) is 25.6 Å². The highest BCUT2D eigenvalue weighted by atomic mass is 16.5. The van der Waals surface area contributed by atoms with Crippen LogP contribution in [0.5, 0.6) is 5.75 Å². The third kappa shape index (κ3) is 4.66. The van der Waals surface area contributed by atoms with Crippen molar-refractivity contribution in [3.8, 4) is 17.2 Å². The van der Waals surface area contributed by atoms with Crippen LogP contribution in [0.1, 0.15) is 67.9 Å². The minimum absolute atomic E-state index is 0.0975. The first-order chi connectivity index (χ1) is 17.5. The van der Waals surface area contributed by atoms with Crippen molar-refractivity contribution in [2.45, 2.75) is 76.5 Å². The van der Waals surface area contributed by atoms with Crippen molar-refractivity contribution in [2.75, 3.05) is 7.11 Å². The lowest BCUT2D eigenvalue weighted by Crippen LogP contribution is -2.64. The molecule has 1 saturated carbocycles. The first-order valence-electron chi connectivity index (χ1n) is 13.0. The molecule has 1 aliphatic heterocycles. The highest BCUT2D eigenvalue weighted by molar-refractivity contribution is 6.00. The smallest absolute Gasteiger partial charge is 0.271 e. The minimum Gasteiger partial charge on any atom is -0.497 e. The molecule has 190 valence electrons. The van der Waals surface area contributed by atoms with Crippen molar-refractivity contribution in [3.63, 3.8) is 0 Å². The molecule has 1 N–H and O–H groups in total.